The van der Waals surface area contributed by atoms with E-state index in [2.05, 4.69) is 10.4 Å². The molecule has 1 N–H and O–H groups in total. The Morgan fingerprint density at radius 1 is 1.31 bits per heavy atom. The van der Waals surface area contributed by atoms with Crippen molar-refractivity contribution < 1.29 is 9.53 Å². The van der Waals surface area contributed by atoms with Gasteiger partial charge in [-0.05, 0) is 50.3 Å². The summed E-state index contributed by atoms with van der Waals surface area (Å²) in [6.07, 6.45) is 5.49. The van der Waals surface area contributed by atoms with Crippen molar-refractivity contribution in [2.24, 2.45) is 5.92 Å². The number of carbonyl (C=O) groups is 1. The average Bonchev–Trinajstić information content (AvgIpc) is 3.48. The first-order chi connectivity index (χ1) is 12.6. The molecule has 2 fully saturated rings. The van der Waals surface area contributed by atoms with Gasteiger partial charge >= 0.3 is 0 Å². The van der Waals surface area contributed by atoms with Gasteiger partial charge in [0.15, 0.2) is 0 Å². The van der Waals surface area contributed by atoms with Crippen molar-refractivity contribution in [2.75, 3.05) is 12.5 Å². The van der Waals surface area contributed by atoms with Crippen LogP contribution in [0.5, 0.6) is 0 Å². The van der Waals surface area contributed by atoms with Gasteiger partial charge in [0, 0.05) is 24.0 Å². The Labute approximate surface area is 156 Å². The fourth-order valence-electron chi connectivity index (χ4n) is 3.70. The Morgan fingerprint density at radius 3 is 2.85 bits per heavy atom. The topological polar surface area (TPSA) is 73.2 Å². The zero-order valence-corrected chi connectivity index (χ0v) is 15.5. The van der Waals surface area contributed by atoms with Gasteiger partial charge in [-0.2, -0.15) is 0 Å². The molecule has 2 atom stereocenters. The Morgan fingerprint density at radius 2 is 2.12 bits per heavy atom. The van der Waals surface area contributed by atoms with Gasteiger partial charge in [0.1, 0.15) is 5.82 Å². The van der Waals surface area contributed by atoms with E-state index in [0.717, 1.165) is 32.1 Å². The maximum atomic E-state index is 13.0. The predicted molar refractivity (Wildman–Crippen MR) is 100 cm³/mol. The summed E-state index contributed by atoms with van der Waals surface area (Å²) in [7, 11) is 1.68. The molecule has 1 heterocycles. The molecule has 2 aromatic rings. The van der Waals surface area contributed by atoms with Crippen molar-refractivity contribution in [3.05, 3.63) is 39.4 Å². The van der Waals surface area contributed by atoms with E-state index in [0.29, 0.717) is 28.2 Å². The number of fused-ring (bicyclic) bond motifs is 1. The number of amides is 1. The van der Waals surface area contributed by atoms with Crippen LogP contribution in [0.3, 0.4) is 0 Å². The Bertz CT molecular complexity index is 907. The maximum Gasteiger partial charge on any atom is 0.280 e. The van der Waals surface area contributed by atoms with Crippen molar-refractivity contribution >= 4 is 28.4 Å². The SMILES string of the molecule is CO[C@@H]1CCC[C@@H](C(=O)Nn2c(C3CC3)nc3cc(Cl)ccc3c2=O)C1. The molecule has 0 radical (unpaired) electrons. The number of ether oxygens (including phenoxy) is 1. The first-order valence-corrected chi connectivity index (χ1v) is 9.50. The Hall–Kier alpha value is -1.92. The van der Waals surface area contributed by atoms with Crippen LogP contribution in [0.4, 0.5) is 0 Å². The van der Waals surface area contributed by atoms with E-state index in [-0.39, 0.29) is 29.4 Å². The van der Waals surface area contributed by atoms with Crippen LogP contribution in [0.1, 0.15) is 50.3 Å². The van der Waals surface area contributed by atoms with Crippen LogP contribution in [0.2, 0.25) is 5.02 Å². The molecule has 1 amide bonds. The average molecular weight is 376 g/mol. The molecular formula is C19H22ClN3O3. The number of nitrogens with one attached hydrogen (secondary N) is 1. The summed E-state index contributed by atoms with van der Waals surface area (Å²) in [6, 6.07) is 5.02. The fourth-order valence-corrected chi connectivity index (χ4v) is 3.86. The molecule has 0 unspecified atom stereocenters. The number of carbonyl (C=O) groups excluding carboxylic acids is 1. The van der Waals surface area contributed by atoms with E-state index >= 15 is 0 Å². The third kappa shape index (κ3) is 3.35. The summed E-state index contributed by atoms with van der Waals surface area (Å²) >= 11 is 6.04. The number of aromatic nitrogens is 2. The summed E-state index contributed by atoms with van der Waals surface area (Å²) in [4.78, 5) is 30.4. The number of rotatable bonds is 4. The second kappa shape index (κ2) is 7.00. The highest BCUT2D eigenvalue weighted by Crippen LogP contribution is 2.39. The second-order valence-electron chi connectivity index (χ2n) is 7.24. The quantitative estimate of drug-likeness (QED) is 0.890. The third-order valence-electron chi connectivity index (χ3n) is 5.35. The highest BCUT2D eigenvalue weighted by Gasteiger charge is 2.32. The fraction of sp³-hybridized carbons (Fsp3) is 0.526. The lowest BCUT2D eigenvalue weighted by atomic mass is 9.87. The zero-order valence-electron chi connectivity index (χ0n) is 14.7. The lowest BCUT2D eigenvalue weighted by molar-refractivity contribution is -0.123. The standard InChI is InChI=1S/C19H22ClN3O3/c1-26-14-4-2-3-12(9-14)18(24)22-23-17(11-5-6-11)21-16-10-13(20)7-8-15(16)19(23)25/h7-8,10-12,14H,2-6,9H2,1H3,(H,22,24)/t12-,14-/m1/s1. The van der Waals surface area contributed by atoms with Crippen molar-refractivity contribution in [1.29, 1.82) is 0 Å². The van der Waals surface area contributed by atoms with Crippen LogP contribution in [0.15, 0.2) is 23.0 Å². The third-order valence-corrected chi connectivity index (χ3v) is 5.59. The lowest BCUT2D eigenvalue weighted by Gasteiger charge is -2.27. The molecule has 2 aliphatic carbocycles. The highest BCUT2D eigenvalue weighted by atomic mass is 35.5. The summed E-state index contributed by atoms with van der Waals surface area (Å²) in [5, 5.41) is 0.998. The molecule has 1 aromatic carbocycles. The van der Waals surface area contributed by atoms with Crippen molar-refractivity contribution in [1.82, 2.24) is 9.66 Å². The van der Waals surface area contributed by atoms with E-state index in [4.69, 9.17) is 16.3 Å². The summed E-state index contributed by atoms with van der Waals surface area (Å²) in [6.45, 7) is 0. The highest BCUT2D eigenvalue weighted by molar-refractivity contribution is 6.31. The van der Waals surface area contributed by atoms with Gasteiger partial charge in [-0.3, -0.25) is 15.0 Å². The van der Waals surface area contributed by atoms with Gasteiger partial charge in [0.2, 0.25) is 5.91 Å². The van der Waals surface area contributed by atoms with E-state index < -0.39 is 0 Å². The molecule has 7 heteroatoms. The van der Waals surface area contributed by atoms with Crippen LogP contribution in [0, 0.1) is 5.92 Å². The molecule has 2 aliphatic rings. The van der Waals surface area contributed by atoms with Crippen LogP contribution < -0.4 is 11.0 Å². The smallest absolute Gasteiger partial charge is 0.280 e. The van der Waals surface area contributed by atoms with E-state index in [1.54, 1.807) is 25.3 Å². The molecule has 0 aliphatic heterocycles. The molecule has 6 nitrogen and oxygen atoms in total. The molecule has 2 saturated carbocycles. The van der Waals surface area contributed by atoms with Gasteiger partial charge in [-0.15, -0.1) is 0 Å². The zero-order chi connectivity index (χ0) is 18.3. The Balaban J connectivity index is 1.68. The molecular weight excluding hydrogens is 354 g/mol. The normalized spacial score (nSPS) is 23.2. The summed E-state index contributed by atoms with van der Waals surface area (Å²) < 4.78 is 6.77. The second-order valence-corrected chi connectivity index (χ2v) is 7.68. The van der Waals surface area contributed by atoms with Crippen LogP contribution in [-0.2, 0) is 9.53 Å². The largest absolute Gasteiger partial charge is 0.381 e. The molecule has 138 valence electrons. The molecule has 4 rings (SSSR count). The maximum absolute atomic E-state index is 13.0. The van der Waals surface area contributed by atoms with Gasteiger partial charge in [0.25, 0.3) is 5.56 Å². The Kier molecular flexibility index (Phi) is 4.71. The number of methoxy groups -OCH3 is 1. The first-order valence-electron chi connectivity index (χ1n) is 9.12. The van der Waals surface area contributed by atoms with Gasteiger partial charge < -0.3 is 4.74 Å². The summed E-state index contributed by atoms with van der Waals surface area (Å²) in [5.41, 5.74) is 3.16. The van der Waals surface area contributed by atoms with Crippen LogP contribution in [-0.4, -0.2) is 28.8 Å². The predicted octanol–water partition coefficient (Wildman–Crippen LogP) is 3.20. The number of halogens is 1. The number of benzene rings is 1. The molecule has 0 saturated heterocycles. The minimum absolute atomic E-state index is 0.107. The van der Waals surface area contributed by atoms with Crippen LogP contribution >= 0.6 is 11.6 Å². The lowest BCUT2D eigenvalue weighted by Crippen LogP contribution is -2.40. The van der Waals surface area contributed by atoms with Crippen molar-refractivity contribution in [3.8, 4) is 0 Å². The summed E-state index contributed by atoms with van der Waals surface area (Å²) in [5.74, 6) is 0.557. The number of hydrogen-bond acceptors (Lipinski definition) is 4. The molecule has 0 spiro atoms. The first kappa shape index (κ1) is 17.5. The molecule has 1 aromatic heterocycles. The minimum atomic E-state index is -0.249. The van der Waals surface area contributed by atoms with Crippen molar-refractivity contribution in [2.45, 2.75) is 50.5 Å². The molecule has 0 bridgehead atoms. The van der Waals surface area contributed by atoms with Crippen molar-refractivity contribution in [3.63, 3.8) is 0 Å². The van der Waals surface area contributed by atoms with E-state index in [9.17, 15) is 9.59 Å². The van der Waals surface area contributed by atoms with Crippen LogP contribution in [0.25, 0.3) is 10.9 Å². The number of hydrogen-bond donors (Lipinski definition) is 1. The van der Waals surface area contributed by atoms with Gasteiger partial charge in [-0.1, -0.05) is 18.0 Å². The van der Waals surface area contributed by atoms with Gasteiger partial charge in [0.05, 0.1) is 17.0 Å². The number of nitrogens with zero attached hydrogens (tertiary/aromatic N) is 2. The van der Waals surface area contributed by atoms with E-state index in [1.165, 1.54) is 4.68 Å². The monoisotopic (exact) mass is 375 g/mol. The van der Waals surface area contributed by atoms with E-state index in [1.807, 2.05) is 0 Å². The van der Waals surface area contributed by atoms with Gasteiger partial charge in [-0.25, -0.2) is 9.66 Å². The minimum Gasteiger partial charge on any atom is -0.381 e. The molecule has 26 heavy (non-hydrogen) atoms.